The molecule has 0 spiro atoms. The van der Waals surface area contributed by atoms with Gasteiger partial charge in [0.1, 0.15) is 5.82 Å². The van der Waals surface area contributed by atoms with Crippen molar-refractivity contribution in [3.63, 3.8) is 0 Å². The van der Waals surface area contributed by atoms with E-state index < -0.39 is 5.54 Å². The van der Waals surface area contributed by atoms with E-state index in [9.17, 15) is 4.39 Å². The predicted octanol–water partition coefficient (Wildman–Crippen LogP) is 5.92. The summed E-state index contributed by atoms with van der Waals surface area (Å²) in [5.41, 5.74) is 6.63. The summed E-state index contributed by atoms with van der Waals surface area (Å²) in [6.45, 7) is 4.30. The minimum atomic E-state index is -0.506. The molecule has 1 unspecified atom stereocenters. The zero-order valence-electron chi connectivity index (χ0n) is 13.8. The summed E-state index contributed by atoms with van der Waals surface area (Å²) in [5.74, 6) is -0.165. The third-order valence-corrected chi connectivity index (χ3v) is 4.52. The maximum absolute atomic E-state index is 13.9. The first-order chi connectivity index (χ1) is 10.1. The fraction of sp³-hybridized carbons (Fsp3) is 0.684. The van der Waals surface area contributed by atoms with Gasteiger partial charge in [0.2, 0.25) is 0 Å². The molecule has 0 aliphatic heterocycles. The highest BCUT2D eigenvalue weighted by Crippen LogP contribution is 2.30. The largest absolute Gasteiger partial charge is 0.321 e. The molecule has 21 heavy (non-hydrogen) atoms. The van der Waals surface area contributed by atoms with Gasteiger partial charge in [-0.15, -0.1) is 0 Å². The van der Waals surface area contributed by atoms with Gasteiger partial charge in [-0.05, 0) is 18.9 Å². The minimum Gasteiger partial charge on any atom is -0.321 e. The Balaban J connectivity index is 2.32. The average molecular weight is 293 g/mol. The second-order valence-corrected chi connectivity index (χ2v) is 6.21. The number of hydrogen-bond acceptors (Lipinski definition) is 1. The van der Waals surface area contributed by atoms with Gasteiger partial charge >= 0.3 is 0 Å². The minimum absolute atomic E-state index is 0.165. The molecule has 0 saturated heterocycles. The fourth-order valence-corrected chi connectivity index (χ4v) is 2.94. The first-order valence-corrected chi connectivity index (χ1v) is 8.68. The van der Waals surface area contributed by atoms with Crippen LogP contribution in [0.1, 0.15) is 83.6 Å². The molecule has 1 rings (SSSR count). The normalized spacial score (nSPS) is 14.1. The SMILES string of the molecule is CCCCCCCCCCC(N)(CC)c1ccccc1F. The Kier molecular flexibility index (Phi) is 8.60. The molecule has 1 aromatic carbocycles. The standard InChI is InChI=1S/C19H32FN/c1-3-5-6-7-8-9-10-13-16-19(21,4-2)17-14-11-12-15-18(17)20/h11-12,14-15H,3-10,13,16,21H2,1-2H3. The van der Waals surface area contributed by atoms with Crippen molar-refractivity contribution in [2.75, 3.05) is 0 Å². The number of hydrogen-bond donors (Lipinski definition) is 1. The highest BCUT2D eigenvalue weighted by Gasteiger charge is 2.27. The van der Waals surface area contributed by atoms with Gasteiger partial charge in [-0.25, -0.2) is 4.39 Å². The molecule has 0 aromatic heterocycles. The quantitative estimate of drug-likeness (QED) is 0.503. The summed E-state index contributed by atoms with van der Waals surface area (Å²) in [6, 6.07) is 6.96. The van der Waals surface area contributed by atoms with Crippen LogP contribution in [0.3, 0.4) is 0 Å². The summed E-state index contributed by atoms with van der Waals surface area (Å²) in [7, 11) is 0. The Labute approximate surface area is 130 Å². The van der Waals surface area contributed by atoms with Gasteiger partial charge in [0.15, 0.2) is 0 Å². The van der Waals surface area contributed by atoms with Crippen LogP contribution in [0.25, 0.3) is 0 Å². The van der Waals surface area contributed by atoms with Crippen molar-refractivity contribution in [3.05, 3.63) is 35.6 Å². The van der Waals surface area contributed by atoms with E-state index >= 15 is 0 Å². The van der Waals surface area contributed by atoms with Gasteiger partial charge in [0.05, 0.1) is 0 Å². The summed E-state index contributed by atoms with van der Waals surface area (Å²) in [6.07, 6.45) is 11.9. The second kappa shape index (κ2) is 9.94. The Morgan fingerprint density at radius 1 is 0.905 bits per heavy atom. The van der Waals surface area contributed by atoms with Crippen LogP contribution in [-0.2, 0) is 5.54 Å². The van der Waals surface area contributed by atoms with Crippen LogP contribution in [0.4, 0.5) is 4.39 Å². The summed E-state index contributed by atoms with van der Waals surface area (Å²) in [4.78, 5) is 0. The van der Waals surface area contributed by atoms with Crippen molar-refractivity contribution < 1.29 is 4.39 Å². The lowest BCUT2D eigenvalue weighted by atomic mass is 9.83. The first kappa shape index (κ1) is 18.2. The molecule has 2 heteroatoms. The van der Waals surface area contributed by atoms with E-state index in [1.165, 1.54) is 51.0 Å². The molecule has 0 saturated carbocycles. The molecule has 0 radical (unpaired) electrons. The van der Waals surface area contributed by atoms with Crippen LogP contribution >= 0.6 is 0 Å². The number of rotatable bonds is 11. The maximum atomic E-state index is 13.9. The van der Waals surface area contributed by atoms with Gasteiger partial charge < -0.3 is 5.73 Å². The summed E-state index contributed by atoms with van der Waals surface area (Å²) >= 11 is 0. The number of benzene rings is 1. The topological polar surface area (TPSA) is 26.0 Å². The molecule has 120 valence electrons. The fourth-order valence-electron chi connectivity index (χ4n) is 2.94. The van der Waals surface area contributed by atoms with E-state index in [1.807, 2.05) is 12.1 Å². The molecular weight excluding hydrogens is 261 g/mol. The Hall–Kier alpha value is -0.890. The van der Waals surface area contributed by atoms with E-state index in [4.69, 9.17) is 5.73 Å². The van der Waals surface area contributed by atoms with Crippen LogP contribution in [0, 0.1) is 5.82 Å². The smallest absolute Gasteiger partial charge is 0.128 e. The van der Waals surface area contributed by atoms with Gasteiger partial charge in [-0.2, -0.15) is 0 Å². The van der Waals surface area contributed by atoms with Gasteiger partial charge in [-0.3, -0.25) is 0 Å². The van der Waals surface area contributed by atoms with Crippen LogP contribution in [0.15, 0.2) is 24.3 Å². The third-order valence-electron chi connectivity index (χ3n) is 4.52. The molecule has 0 heterocycles. The summed E-state index contributed by atoms with van der Waals surface area (Å²) in [5, 5.41) is 0. The van der Waals surface area contributed by atoms with Crippen LogP contribution in [0.5, 0.6) is 0 Å². The van der Waals surface area contributed by atoms with E-state index in [0.29, 0.717) is 5.56 Å². The van der Waals surface area contributed by atoms with Crippen molar-refractivity contribution in [2.45, 2.75) is 83.6 Å². The Morgan fingerprint density at radius 2 is 1.48 bits per heavy atom. The van der Waals surface area contributed by atoms with Crippen LogP contribution in [0.2, 0.25) is 0 Å². The molecule has 0 aliphatic carbocycles. The second-order valence-electron chi connectivity index (χ2n) is 6.21. The third kappa shape index (κ3) is 6.17. The van der Waals surface area contributed by atoms with Crippen LogP contribution < -0.4 is 5.73 Å². The molecule has 0 bridgehead atoms. The Bertz CT molecular complexity index is 391. The van der Waals surface area contributed by atoms with E-state index in [-0.39, 0.29) is 5.82 Å². The van der Waals surface area contributed by atoms with Crippen molar-refractivity contribution in [2.24, 2.45) is 5.73 Å². The van der Waals surface area contributed by atoms with E-state index in [1.54, 1.807) is 6.07 Å². The lowest BCUT2D eigenvalue weighted by molar-refractivity contribution is 0.358. The number of unbranched alkanes of at least 4 members (excludes halogenated alkanes) is 7. The molecule has 1 atom stereocenters. The summed E-state index contributed by atoms with van der Waals surface area (Å²) < 4.78 is 13.9. The van der Waals surface area contributed by atoms with Crippen LogP contribution in [-0.4, -0.2) is 0 Å². The maximum Gasteiger partial charge on any atom is 0.128 e. The van der Waals surface area contributed by atoms with Crippen molar-refractivity contribution in [3.8, 4) is 0 Å². The molecule has 2 N–H and O–H groups in total. The molecule has 1 aromatic rings. The van der Waals surface area contributed by atoms with Gasteiger partial charge in [-0.1, -0.05) is 83.4 Å². The molecule has 0 amide bonds. The van der Waals surface area contributed by atoms with Gasteiger partial charge in [0, 0.05) is 11.1 Å². The predicted molar refractivity (Wildman–Crippen MR) is 89.8 cm³/mol. The van der Waals surface area contributed by atoms with Crippen molar-refractivity contribution in [1.29, 1.82) is 0 Å². The lowest BCUT2D eigenvalue weighted by Gasteiger charge is -2.29. The number of nitrogens with two attached hydrogens (primary N) is 1. The zero-order valence-corrected chi connectivity index (χ0v) is 13.8. The first-order valence-electron chi connectivity index (χ1n) is 8.68. The van der Waals surface area contributed by atoms with E-state index in [2.05, 4.69) is 13.8 Å². The van der Waals surface area contributed by atoms with Crippen molar-refractivity contribution in [1.82, 2.24) is 0 Å². The monoisotopic (exact) mass is 293 g/mol. The number of halogens is 1. The highest BCUT2D eigenvalue weighted by atomic mass is 19.1. The molecule has 0 aliphatic rings. The molecule has 0 fully saturated rings. The molecular formula is C19H32FN. The van der Waals surface area contributed by atoms with Gasteiger partial charge in [0.25, 0.3) is 0 Å². The molecule has 1 nitrogen and oxygen atoms in total. The lowest BCUT2D eigenvalue weighted by Crippen LogP contribution is -2.36. The Morgan fingerprint density at radius 3 is 2.05 bits per heavy atom. The average Bonchev–Trinajstić information content (AvgIpc) is 2.50. The highest BCUT2D eigenvalue weighted by molar-refractivity contribution is 5.25. The van der Waals surface area contributed by atoms with Crippen molar-refractivity contribution >= 4 is 0 Å². The van der Waals surface area contributed by atoms with E-state index in [0.717, 1.165) is 19.3 Å². The zero-order chi connectivity index (χ0) is 15.6.